The van der Waals surface area contributed by atoms with Crippen LogP contribution in [0.25, 0.3) is 0 Å². The van der Waals surface area contributed by atoms with Gasteiger partial charge >= 0.3 is 0 Å². The third-order valence-electron chi connectivity index (χ3n) is 3.72. The minimum Gasteiger partial charge on any atom is -0.337 e. The van der Waals surface area contributed by atoms with Crippen molar-refractivity contribution in [3.8, 4) is 0 Å². The molecule has 0 unspecified atom stereocenters. The number of rotatable bonds is 4. The normalized spacial score (nSPS) is 17.5. The van der Waals surface area contributed by atoms with Gasteiger partial charge in [-0.05, 0) is 44.4 Å². The van der Waals surface area contributed by atoms with E-state index < -0.39 is 0 Å². The Kier molecular flexibility index (Phi) is 4.44. The maximum absolute atomic E-state index is 12.8. The van der Waals surface area contributed by atoms with Crippen LogP contribution in [0.1, 0.15) is 74.7 Å². The summed E-state index contributed by atoms with van der Waals surface area (Å²) in [7, 11) is 0. The summed E-state index contributed by atoms with van der Waals surface area (Å²) in [4.78, 5) is 14.9. The largest absolute Gasteiger partial charge is 0.337 e. The minimum absolute atomic E-state index is 0.0643. The molecule has 2 heteroatoms. The van der Waals surface area contributed by atoms with Gasteiger partial charge in [-0.3, -0.25) is 4.79 Å². The summed E-state index contributed by atoms with van der Waals surface area (Å²) in [5.74, 6) is 1.04. The lowest BCUT2D eigenvalue weighted by atomic mass is 9.79. The van der Waals surface area contributed by atoms with Crippen molar-refractivity contribution < 1.29 is 4.79 Å². The Morgan fingerprint density at radius 2 is 1.47 bits per heavy atom. The van der Waals surface area contributed by atoms with Crippen LogP contribution < -0.4 is 0 Å². The summed E-state index contributed by atoms with van der Waals surface area (Å²) < 4.78 is 0. The molecule has 0 heterocycles. The van der Waals surface area contributed by atoms with Crippen molar-refractivity contribution in [1.29, 1.82) is 0 Å². The molecule has 0 bridgehead atoms. The molecule has 1 saturated carbocycles. The Morgan fingerprint density at radius 3 is 1.79 bits per heavy atom. The fourth-order valence-electron chi connectivity index (χ4n) is 2.96. The highest BCUT2D eigenvalue weighted by Gasteiger charge is 2.41. The molecule has 0 aromatic rings. The lowest BCUT2D eigenvalue weighted by Gasteiger charge is -2.45. The lowest BCUT2D eigenvalue weighted by molar-refractivity contribution is -0.146. The first-order chi connectivity index (χ1) is 8.33. The summed E-state index contributed by atoms with van der Waals surface area (Å²) in [6.07, 6.45) is 3.62. The average molecular weight is 267 g/mol. The number of hydrogen-bond acceptors (Lipinski definition) is 1. The highest BCUT2D eigenvalue weighted by atomic mass is 16.2. The van der Waals surface area contributed by atoms with Crippen LogP contribution in [-0.4, -0.2) is 22.9 Å². The van der Waals surface area contributed by atoms with Crippen LogP contribution in [0.2, 0.25) is 0 Å². The van der Waals surface area contributed by atoms with Gasteiger partial charge in [0.2, 0.25) is 5.91 Å². The van der Waals surface area contributed by atoms with Gasteiger partial charge < -0.3 is 4.90 Å². The lowest BCUT2D eigenvalue weighted by Crippen LogP contribution is -2.54. The van der Waals surface area contributed by atoms with Gasteiger partial charge in [0.05, 0.1) is 0 Å². The van der Waals surface area contributed by atoms with Gasteiger partial charge in [0, 0.05) is 17.5 Å². The van der Waals surface area contributed by atoms with Crippen LogP contribution in [0.5, 0.6) is 0 Å². The van der Waals surface area contributed by atoms with Gasteiger partial charge in [-0.2, -0.15) is 0 Å². The molecule has 1 aliphatic rings. The molecule has 0 aliphatic heterocycles. The molecule has 112 valence electrons. The van der Waals surface area contributed by atoms with E-state index >= 15 is 0 Å². The Hall–Kier alpha value is -0.530. The topological polar surface area (TPSA) is 20.3 Å². The van der Waals surface area contributed by atoms with Crippen LogP contribution in [0, 0.1) is 16.7 Å². The summed E-state index contributed by atoms with van der Waals surface area (Å²) in [5.41, 5.74) is -0.112. The molecule has 2 nitrogen and oxygen atoms in total. The molecule has 0 spiro atoms. The second-order valence-electron chi connectivity index (χ2n) is 9.16. The fraction of sp³-hybridized carbons (Fsp3) is 0.941. The van der Waals surface area contributed by atoms with E-state index in [2.05, 4.69) is 39.5 Å². The van der Waals surface area contributed by atoms with Crippen LogP contribution in [0.3, 0.4) is 0 Å². The summed E-state index contributed by atoms with van der Waals surface area (Å²) >= 11 is 0. The highest BCUT2D eigenvalue weighted by molar-refractivity contribution is 5.82. The molecule has 0 saturated heterocycles. The zero-order chi connectivity index (χ0) is 15.1. The average Bonchev–Trinajstić information content (AvgIpc) is 2.90. The molecule has 0 aromatic heterocycles. The third-order valence-corrected chi connectivity index (χ3v) is 3.72. The SMILES string of the molecule is CC(C)(C)CC(C)(C)N(CC1CC1)C(=O)C(C)(C)C. The van der Waals surface area contributed by atoms with E-state index in [0.29, 0.717) is 5.91 Å². The van der Waals surface area contributed by atoms with Gasteiger partial charge in [0.25, 0.3) is 0 Å². The second-order valence-corrected chi connectivity index (χ2v) is 9.16. The van der Waals surface area contributed by atoms with E-state index in [1.165, 1.54) is 12.8 Å². The predicted octanol–water partition coefficient (Wildman–Crippen LogP) is 4.49. The van der Waals surface area contributed by atoms with Gasteiger partial charge in [-0.15, -0.1) is 0 Å². The van der Waals surface area contributed by atoms with E-state index in [1.54, 1.807) is 0 Å². The Balaban J connectivity index is 2.91. The zero-order valence-electron chi connectivity index (χ0n) is 14.3. The summed E-state index contributed by atoms with van der Waals surface area (Å²) in [5, 5.41) is 0. The van der Waals surface area contributed by atoms with E-state index in [1.807, 2.05) is 20.8 Å². The Morgan fingerprint density at radius 1 is 1.00 bits per heavy atom. The van der Waals surface area contributed by atoms with Gasteiger partial charge in [0.1, 0.15) is 0 Å². The van der Waals surface area contributed by atoms with Crippen molar-refractivity contribution in [2.45, 2.75) is 80.2 Å². The number of nitrogens with zero attached hydrogens (tertiary/aromatic N) is 1. The first-order valence-corrected chi connectivity index (χ1v) is 7.65. The maximum atomic E-state index is 12.8. The highest BCUT2D eigenvalue weighted by Crippen LogP contribution is 2.38. The standard InChI is InChI=1S/C17H33NO/c1-15(2,3)12-17(7,8)18(11-13-9-10-13)14(19)16(4,5)6/h13H,9-12H2,1-8H3. The van der Waals surface area contributed by atoms with Gasteiger partial charge in [-0.25, -0.2) is 0 Å². The van der Waals surface area contributed by atoms with Crippen molar-refractivity contribution in [1.82, 2.24) is 4.90 Å². The summed E-state index contributed by atoms with van der Waals surface area (Å²) in [6.45, 7) is 18.3. The fourth-order valence-corrected chi connectivity index (χ4v) is 2.96. The molecule has 19 heavy (non-hydrogen) atoms. The third kappa shape index (κ3) is 5.16. The number of hydrogen-bond donors (Lipinski definition) is 0. The first-order valence-electron chi connectivity index (χ1n) is 7.65. The second kappa shape index (κ2) is 5.10. The van der Waals surface area contributed by atoms with Gasteiger partial charge in [-0.1, -0.05) is 41.5 Å². The first kappa shape index (κ1) is 16.5. The quantitative estimate of drug-likeness (QED) is 0.735. The van der Waals surface area contributed by atoms with Gasteiger partial charge in [0.15, 0.2) is 0 Å². The van der Waals surface area contributed by atoms with Crippen molar-refractivity contribution in [3.05, 3.63) is 0 Å². The molecule has 1 fully saturated rings. The smallest absolute Gasteiger partial charge is 0.228 e. The Bertz CT molecular complexity index is 326. The van der Waals surface area contributed by atoms with Crippen LogP contribution >= 0.6 is 0 Å². The molecule has 1 rings (SSSR count). The van der Waals surface area contributed by atoms with E-state index in [4.69, 9.17) is 0 Å². The minimum atomic E-state index is -0.288. The Labute approximate surface area is 119 Å². The molecule has 0 radical (unpaired) electrons. The van der Waals surface area contributed by atoms with Crippen molar-refractivity contribution in [2.24, 2.45) is 16.7 Å². The van der Waals surface area contributed by atoms with E-state index in [0.717, 1.165) is 18.9 Å². The van der Waals surface area contributed by atoms with Crippen LogP contribution in [-0.2, 0) is 4.79 Å². The van der Waals surface area contributed by atoms with Crippen molar-refractivity contribution >= 4 is 5.91 Å². The number of amides is 1. The molecule has 0 aromatic carbocycles. The van der Waals surface area contributed by atoms with Crippen molar-refractivity contribution in [2.75, 3.05) is 6.54 Å². The molecular formula is C17H33NO. The maximum Gasteiger partial charge on any atom is 0.228 e. The van der Waals surface area contributed by atoms with Crippen LogP contribution in [0.4, 0.5) is 0 Å². The van der Waals surface area contributed by atoms with Crippen molar-refractivity contribution in [3.63, 3.8) is 0 Å². The zero-order valence-corrected chi connectivity index (χ0v) is 14.3. The van der Waals surface area contributed by atoms with Crippen LogP contribution in [0.15, 0.2) is 0 Å². The molecule has 1 amide bonds. The predicted molar refractivity (Wildman–Crippen MR) is 82.0 cm³/mol. The number of carbonyl (C=O) groups excluding carboxylic acids is 1. The monoisotopic (exact) mass is 267 g/mol. The molecule has 0 N–H and O–H groups in total. The summed E-state index contributed by atoms with van der Waals surface area (Å²) in [6, 6.07) is 0. The van der Waals surface area contributed by atoms with E-state index in [-0.39, 0.29) is 16.4 Å². The molecular weight excluding hydrogens is 234 g/mol. The number of carbonyl (C=O) groups is 1. The molecule has 0 atom stereocenters. The molecule has 1 aliphatic carbocycles. The van der Waals surface area contributed by atoms with E-state index in [9.17, 15) is 4.79 Å².